The van der Waals surface area contributed by atoms with Gasteiger partial charge < -0.3 is 69.7 Å². The third-order valence-corrected chi connectivity index (χ3v) is 9.37. The Hall–Kier alpha value is -6.03. The summed E-state index contributed by atoms with van der Waals surface area (Å²) >= 11 is 0. The van der Waals surface area contributed by atoms with E-state index in [1.807, 2.05) is 0 Å². The van der Waals surface area contributed by atoms with Crippen molar-refractivity contribution in [3.05, 3.63) is 29.8 Å². The zero-order chi connectivity index (χ0) is 44.6. The van der Waals surface area contributed by atoms with Gasteiger partial charge in [0.25, 0.3) is 0 Å². The van der Waals surface area contributed by atoms with Gasteiger partial charge in [0.05, 0.1) is 12.1 Å². The Balaban J connectivity index is 2.25. The maximum Gasteiger partial charge on any atom is 0.303 e. The second kappa shape index (κ2) is 23.4. The highest BCUT2D eigenvalue weighted by atomic mass is 16.4. The average molecular weight is 834 g/mol. The molecule has 1 aliphatic heterocycles. The van der Waals surface area contributed by atoms with E-state index in [0.29, 0.717) is 12.0 Å². The van der Waals surface area contributed by atoms with E-state index in [0.717, 1.165) is 4.90 Å². The molecule has 7 amide bonds. The number of phenols is 1. The van der Waals surface area contributed by atoms with Crippen LogP contribution >= 0.6 is 0 Å². The van der Waals surface area contributed by atoms with Crippen LogP contribution in [0.3, 0.4) is 0 Å². The van der Waals surface area contributed by atoms with Gasteiger partial charge in [-0.25, -0.2) is 0 Å². The van der Waals surface area contributed by atoms with Gasteiger partial charge in [0, 0.05) is 25.9 Å². The van der Waals surface area contributed by atoms with Gasteiger partial charge in [-0.2, -0.15) is 0 Å². The van der Waals surface area contributed by atoms with Crippen LogP contribution in [0.2, 0.25) is 0 Å². The Labute approximate surface area is 341 Å². The standard InChI is InChI=1S/C37H59N11O11/c1-18(2)16-25(32(55)43-19(3)30(39)53)46-34(57)27(11-12-28(51)52)48-15-13-24(36(48)59)44-35(58)29(20(4)49)47-33(56)26(17-21-7-9-22(50)10-8-21)45-31(54)23(38)6-5-14-42-37(40)41/h7-10,18-20,23-27,29,49-50H,5-6,11-17,38H2,1-4H3,(H2,39,53)(H,43,55)(H,44,58)(H,45,54)(H,46,57)(H,47,56)(H,51,52)(H4,40,41,42)/t19-,20+,23-,24-,25-,26-,27-,29-/m1/s1. The number of rotatable bonds is 24. The summed E-state index contributed by atoms with van der Waals surface area (Å²) in [6, 6.07) is -3.16. The van der Waals surface area contributed by atoms with Crippen molar-refractivity contribution in [3.63, 3.8) is 0 Å². The molecule has 0 spiro atoms. The van der Waals surface area contributed by atoms with E-state index in [1.165, 1.54) is 38.1 Å². The SMILES string of the molecule is CC(C)C[C@@H](NC(=O)[C@@H](CCC(=O)O)N1CC[C@@H](NC(=O)[C@H](NC(=O)[C@@H](Cc2ccc(O)cc2)NC(=O)[C@H](N)CCCN=C(N)N)[C@H](C)O)C1=O)C(=O)N[C@H](C)C(N)=O. The van der Waals surface area contributed by atoms with Crippen molar-refractivity contribution in [1.82, 2.24) is 31.5 Å². The summed E-state index contributed by atoms with van der Waals surface area (Å²) in [5.74, 6) is -7.27. The predicted octanol–water partition coefficient (Wildman–Crippen LogP) is -3.86. The van der Waals surface area contributed by atoms with Gasteiger partial charge in [-0.05, 0) is 69.6 Å². The Kier molecular flexibility index (Phi) is 19.5. The highest BCUT2D eigenvalue weighted by Crippen LogP contribution is 2.20. The molecule has 0 aromatic heterocycles. The lowest BCUT2D eigenvalue weighted by Gasteiger charge is -2.30. The van der Waals surface area contributed by atoms with Crippen molar-refractivity contribution in [2.75, 3.05) is 13.1 Å². The van der Waals surface area contributed by atoms with Crippen LogP contribution in [0.15, 0.2) is 29.3 Å². The lowest BCUT2D eigenvalue weighted by molar-refractivity contribution is -0.143. The van der Waals surface area contributed by atoms with Gasteiger partial charge in [0.15, 0.2) is 5.96 Å². The second-order valence-electron chi connectivity index (χ2n) is 14.9. The number of carbonyl (C=O) groups is 8. The van der Waals surface area contributed by atoms with Gasteiger partial charge in [0.1, 0.15) is 42.0 Å². The van der Waals surface area contributed by atoms with E-state index in [9.17, 15) is 53.7 Å². The first-order valence-electron chi connectivity index (χ1n) is 19.2. The van der Waals surface area contributed by atoms with E-state index < -0.39 is 102 Å². The number of benzene rings is 1. The fraction of sp³-hybridized carbons (Fsp3) is 0.595. The number of hydrogen-bond donors (Lipinski definition) is 12. The molecule has 22 nitrogen and oxygen atoms in total. The van der Waals surface area contributed by atoms with Crippen LogP contribution in [0.25, 0.3) is 0 Å². The smallest absolute Gasteiger partial charge is 0.303 e. The minimum Gasteiger partial charge on any atom is -0.508 e. The van der Waals surface area contributed by atoms with Crippen molar-refractivity contribution < 1.29 is 53.7 Å². The molecule has 1 saturated heterocycles. The molecule has 8 atom stereocenters. The summed E-state index contributed by atoms with van der Waals surface area (Å²) < 4.78 is 0. The molecule has 0 radical (unpaired) electrons. The number of amides is 7. The molecule has 1 aromatic rings. The summed E-state index contributed by atoms with van der Waals surface area (Å²) in [5.41, 5.74) is 22.5. The maximum absolute atomic E-state index is 13.7. The number of nitrogens with two attached hydrogens (primary N) is 4. The monoisotopic (exact) mass is 833 g/mol. The number of carboxylic acid groups (broad SMARTS) is 1. The van der Waals surface area contributed by atoms with Gasteiger partial charge in [-0.15, -0.1) is 0 Å². The molecular weight excluding hydrogens is 774 g/mol. The quantitative estimate of drug-likeness (QED) is 0.0270. The van der Waals surface area contributed by atoms with Crippen molar-refractivity contribution in [1.29, 1.82) is 0 Å². The highest BCUT2D eigenvalue weighted by molar-refractivity contribution is 5.98. The first-order chi connectivity index (χ1) is 27.6. The number of aliphatic carboxylic acids is 1. The van der Waals surface area contributed by atoms with Crippen molar-refractivity contribution in [3.8, 4) is 5.75 Å². The van der Waals surface area contributed by atoms with Crippen LogP contribution in [-0.4, -0.2) is 135 Å². The summed E-state index contributed by atoms with van der Waals surface area (Å²) in [5, 5.41) is 42.2. The third kappa shape index (κ3) is 16.4. The number of aliphatic imine (C=N–C) groups is 1. The number of primary amides is 1. The molecule has 0 bridgehead atoms. The van der Waals surface area contributed by atoms with Crippen LogP contribution in [0.4, 0.5) is 0 Å². The zero-order valence-corrected chi connectivity index (χ0v) is 33.7. The van der Waals surface area contributed by atoms with E-state index >= 15 is 0 Å². The Bertz CT molecular complexity index is 1690. The molecule has 1 aromatic carbocycles. The summed E-state index contributed by atoms with van der Waals surface area (Å²) in [4.78, 5) is 109. The molecule has 59 heavy (non-hydrogen) atoms. The first-order valence-corrected chi connectivity index (χ1v) is 19.2. The molecule has 0 unspecified atom stereocenters. The summed E-state index contributed by atoms with van der Waals surface area (Å²) in [6.07, 6.45) is -1.93. The topological polar surface area (TPSA) is 377 Å². The number of nitrogens with one attached hydrogen (secondary N) is 5. The maximum atomic E-state index is 13.7. The molecule has 1 heterocycles. The highest BCUT2D eigenvalue weighted by Gasteiger charge is 2.42. The lowest BCUT2D eigenvalue weighted by Crippen LogP contribution is -2.60. The number of hydrogen-bond acceptors (Lipinski definition) is 12. The lowest BCUT2D eigenvalue weighted by atomic mass is 10.0. The minimum atomic E-state index is -1.65. The van der Waals surface area contributed by atoms with Gasteiger partial charge in [0.2, 0.25) is 41.4 Å². The number of guanidine groups is 1. The van der Waals surface area contributed by atoms with E-state index in [2.05, 4.69) is 31.6 Å². The summed E-state index contributed by atoms with van der Waals surface area (Å²) in [6.45, 7) is 6.25. The number of likely N-dealkylation sites (tertiary alicyclic amines) is 1. The Morgan fingerprint density at radius 2 is 1.46 bits per heavy atom. The molecule has 22 heteroatoms. The van der Waals surface area contributed by atoms with E-state index in [1.54, 1.807) is 13.8 Å². The van der Waals surface area contributed by atoms with Crippen LogP contribution < -0.4 is 49.5 Å². The largest absolute Gasteiger partial charge is 0.508 e. The molecule has 0 aliphatic carbocycles. The molecule has 1 aliphatic rings. The number of phenolic OH excluding ortho intramolecular Hbond substituents is 1. The van der Waals surface area contributed by atoms with E-state index in [4.69, 9.17) is 22.9 Å². The van der Waals surface area contributed by atoms with Gasteiger partial charge >= 0.3 is 5.97 Å². The number of aliphatic hydroxyl groups excluding tert-OH is 1. The second-order valence-corrected chi connectivity index (χ2v) is 14.9. The van der Waals surface area contributed by atoms with Crippen LogP contribution in [-0.2, 0) is 44.8 Å². The molecule has 16 N–H and O–H groups in total. The number of carboxylic acids is 1. The van der Waals surface area contributed by atoms with Crippen molar-refractivity contribution >= 4 is 53.3 Å². The average Bonchev–Trinajstić information content (AvgIpc) is 3.50. The fourth-order valence-corrected chi connectivity index (χ4v) is 6.12. The van der Waals surface area contributed by atoms with Crippen molar-refractivity contribution in [2.24, 2.45) is 33.8 Å². The van der Waals surface area contributed by atoms with Gasteiger partial charge in [-0.3, -0.25) is 43.3 Å². The number of nitrogens with zero attached hydrogens (tertiary/aromatic N) is 2. The molecule has 1 fully saturated rings. The van der Waals surface area contributed by atoms with E-state index in [-0.39, 0.29) is 62.8 Å². The normalized spacial score (nSPS) is 17.3. The van der Waals surface area contributed by atoms with Crippen LogP contribution in [0, 0.1) is 5.92 Å². The van der Waals surface area contributed by atoms with Crippen LogP contribution in [0.5, 0.6) is 5.75 Å². The molecule has 2 rings (SSSR count). The minimum absolute atomic E-state index is 0.0456. The number of aliphatic hydroxyl groups is 1. The Morgan fingerprint density at radius 1 is 0.847 bits per heavy atom. The molecular formula is C37H59N11O11. The first kappa shape index (κ1) is 49.1. The summed E-state index contributed by atoms with van der Waals surface area (Å²) in [7, 11) is 0. The third-order valence-electron chi connectivity index (χ3n) is 9.37. The van der Waals surface area contributed by atoms with Gasteiger partial charge in [-0.1, -0.05) is 26.0 Å². The fourth-order valence-electron chi connectivity index (χ4n) is 6.12. The van der Waals surface area contributed by atoms with Crippen molar-refractivity contribution in [2.45, 2.75) is 121 Å². The molecule has 328 valence electrons. The zero-order valence-electron chi connectivity index (χ0n) is 33.7. The van der Waals surface area contributed by atoms with Crippen LogP contribution in [0.1, 0.15) is 71.8 Å². The Morgan fingerprint density at radius 3 is 2.02 bits per heavy atom. The predicted molar refractivity (Wildman–Crippen MR) is 212 cm³/mol. The number of aromatic hydroxyl groups is 1. The molecule has 0 saturated carbocycles. The number of carbonyl (C=O) groups excluding carboxylic acids is 7.